The highest BCUT2D eigenvalue weighted by atomic mass is 32.2. The SMILES string of the molecule is Cc1ccc(S(=O)(=O)OCc2ccc3ccc(OCc4ccccc4)cc3n2)cc1. The number of rotatable bonds is 7. The average molecular weight is 420 g/mol. The molecule has 0 aliphatic carbocycles. The lowest BCUT2D eigenvalue weighted by Gasteiger charge is -2.09. The summed E-state index contributed by atoms with van der Waals surface area (Å²) >= 11 is 0. The van der Waals surface area contributed by atoms with Crippen LogP contribution in [0, 0.1) is 6.92 Å². The first-order valence-electron chi connectivity index (χ1n) is 9.52. The van der Waals surface area contributed by atoms with Gasteiger partial charge in [-0.05, 0) is 42.8 Å². The summed E-state index contributed by atoms with van der Waals surface area (Å²) in [6.45, 7) is 2.22. The summed E-state index contributed by atoms with van der Waals surface area (Å²) in [7, 11) is -3.84. The van der Waals surface area contributed by atoms with Crippen molar-refractivity contribution in [2.45, 2.75) is 25.0 Å². The molecule has 0 N–H and O–H groups in total. The highest BCUT2D eigenvalue weighted by Gasteiger charge is 2.15. The number of aryl methyl sites for hydroxylation is 1. The fourth-order valence-electron chi connectivity index (χ4n) is 2.96. The fraction of sp³-hybridized carbons (Fsp3) is 0.125. The Balaban J connectivity index is 1.47. The van der Waals surface area contributed by atoms with E-state index in [1.54, 1.807) is 18.2 Å². The molecule has 30 heavy (non-hydrogen) atoms. The van der Waals surface area contributed by atoms with Crippen LogP contribution in [0.3, 0.4) is 0 Å². The predicted molar refractivity (Wildman–Crippen MR) is 116 cm³/mol. The van der Waals surface area contributed by atoms with Gasteiger partial charge in [0, 0.05) is 11.5 Å². The smallest absolute Gasteiger partial charge is 0.297 e. The largest absolute Gasteiger partial charge is 0.489 e. The molecule has 0 saturated carbocycles. The number of nitrogens with zero attached hydrogens (tertiary/aromatic N) is 1. The van der Waals surface area contributed by atoms with Crippen LogP contribution in [-0.4, -0.2) is 13.4 Å². The first-order valence-corrected chi connectivity index (χ1v) is 10.9. The van der Waals surface area contributed by atoms with Crippen molar-refractivity contribution in [1.82, 2.24) is 4.98 Å². The minimum absolute atomic E-state index is 0.130. The highest BCUT2D eigenvalue weighted by molar-refractivity contribution is 7.86. The van der Waals surface area contributed by atoms with E-state index in [2.05, 4.69) is 4.98 Å². The molecule has 0 saturated heterocycles. The van der Waals surface area contributed by atoms with Crippen molar-refractivity contribution >= 4 is 21.0 Å². The number of hydrogen-bond donors (Lipinski definition) is 0. The number of pyridine rings is 1. The van der Waals surface area contributed by atoms with Crippen molar-refractivity contribution in [2.75, 3.05) is 0 Å². The average Bonchev–Trinajstić information content (AvgIpc) is 2.77. The Morgan fingerprint density at radius 2 is 1.57 bits per heavy atom. The van der Waals surface area contributed by atoms with Gasteiger partial charge >= 0.3 is 0 Å². The Hall–Kier alpha value is -3.22. The number of benzene rings is 3. The molecule has 152 valence electrons. The number of hydrogen-bond acceptors (Lipinski definition) is 5. The van der Waals surface area contributed by atoms with Crippen molar-refractivity contribution in [1.29, 1.82) is 0 Å². The Labute approximate surface area is 176 Å². The fourth-order valence-corrected chi connectivity index (χ4v) is 3.84. The van der Waals surface area contributed by atoms with Gasteiger partial charge in [0.25, 0.3) is 10.1 Å². The molecule has 3 aromatic carbocycles. The first kappa shape index (κ1) is 20.1. The van der Waals surface area contributed by atoms with E-state index >= 15 is 0 Å². The van der Waals surface area contributed by atoms with Crippen LogP contribution in [0.2, 0.25) is 0 Å². The number of aromatic nitrogens is 1. The Kier molecular flexibility index (Phi) is 5.79. The van der Waals surface area contributed by atoms with Crippen LogP contribution >= 0.6 is 0 Å². The Morgan fingerprint density at radius 1 is 0.833 bits per heavy atom. The number of ether oxygens (including phenoxy) is 1. The molecule has 1 heterocycles. The third-order valence-corrected chi connectivity index (χ3v) is 5.92. The maximum absolute atomic E-state index is 12.4. The molecule has 0 unspecified atom stereocenters. The second-order valence-corrected chi connectivity index (χ2v) is 8.58. The van der Waals surface area contributed by atoms with Crippen LogP contribution in [0.4, 0.5) is 0 Å². The van der Waals surface area contributed by atoms with Crippen LogP contribution in [-0.2, 0) is 27.5 Å². The van der Waals surface area contributed by atoms with Gasteiger partial charge in [-0.2, -0.15) is 8.42 Å². The van der Waals surface area contributed by atoms with E-state index in [-0.39, 0.29) is 11.5 Å². The second-order valence-electron chi connectivity index (χ2n) is 6.96. The van der Waals surface area contributed by atoms with Gasteiger partial charge in [0.1, 0.15) is 19.0 Å². The maximum atomic E-state index is 12.4. The maximum Gasteiger partial charge on any atom is 0.297 e. The quantitative estimate of drug-likeness (QED) is 0.393. The molecule has 0 aliphatic rings. The molecule has 0 amide bonds. The van der Waals surface area contributed by atoms with Crippen molar-refractivity contribution in [3.63, 3.8) is 0 Å². The second kappa shape index (κ2) is 8.65. The van der Waals surface area contributed by atoms with E-state index in [1.165, 1.54) is 12.1 Å². The summed E-state index contributed by atoms with van der Waals surface area (Å²) < 4.78 is 35.8. The lowest BCUT2D eigenvalue weighted by atomic mass is 10.2. The third kappa shape index (κ3) is 4.84. The molecule has 0 atom stereocenters. The van der Waals surface area contributed by atoms with Crippen molar-refractivity contribution in [2.24, 2.45) is 0 Å². The van der Waals surface area contributed by atoms with Crippen molar-refractivity contribution in [3.8, 4) is 5.75 Å². The van der Waals surface area contributed by atoms with Gasteiger partial charge in [0.15, 0.2) is 0 Å². The molecule has 5 nitrogen and oxygen atoms in total. The van der Waals surface area contributed by atoms with E-state index in [1.807, 2.05) is 61.5 Å². The molecule has 0 fully saturated rings. The molecular weight excluding hydrogens is 398 g/mol. The highest BCUT2D eigenvalue weighted by Crippen LogP contribution is 2.22. The normalized spacial score (nSPS) is 11.5. The van der Waals surface area contributed by atoms with Crippen LogP contribution in [0.25, 0.3) is 10.9 Å². The molecule has 0 spiro atoms. The zero-order valence-corrected chi connectivity index (χ0v) is 17.3. The Morgan fingerprint density at radius 3 is 2.33 bits per heavy atom. The summed E-state index contributed by atoms with van der Waals surface area (Å²) in [5, 5.41) is 0.937. The van der Waals surface area contributed by atoms with E-state index in [4.69, 9.17) is 8.92 Å². The molecule has 0 bridgehead atoms. The van der Waals surface area contributed by atoms with E-state index in [0.29, 0.717) is 18.1 Å². The summed E-state index contributed by atoms with van der Waals surface area (Å²) in [6, 6.07) is 25.8. The van der Waals surface area contributed by atoms with E-state index in [9.17, 15) is 8.42 Å². The zero-order valence-electron chi connectivity index (χ0n) is 16.5. The molecule has 4 rings (SSSR count). The molecule has 6 heteroatoms. The first-order chi connectivity index (χ1) is 14.5. The van der Waals surface area contributed by atoms with Crippen LogP contribution < -0.4 is 4.74 Å². The van der Waals surface area contributed by atoms with Crippen molar-refractivity contribution in [3.05, 3.63) is 102 Å². The molecule has 0 radical (unpaired) electrons. The summed E-state index contributed by atoms with van der Waals surface area (Å²) in [6.07, 6.45) is 0. The monoisotopic (exact) mass is 419 g/mol. The van der Waals surface area contributed by atoms with Gasteiger partial charge in [0.2, 0.25) is 0 Å². The molecule has 1 aromatic heterocycles. The lowest BCUT2D eigenvalue weighted by Crippen LogP contribution is -2.07. The molecule has 4 aromatic rings. The molecule has 0 aliphatic heterocycles. The minimum Gasteiger partial charge on any atom is -0.489 e. The Bertz CT molecular complexity index is 1250. The van der Waals surface area contributed by atoms with E-state index in [0.717, 1.165) is 22.0 Å². The van der Waals surface area contributed by atoms with Gasteiger partial charge in [-0.3, -0.25) is 9.17 Å². The summed E-state index contributed by atoms with van der Waals surface area (Å²) in [5.74, 6) is 0.698. The van der Waals surface area contributed by atoms with Crippen molar-refractivity contribution < 1.29 is 17.3 Å². The summed E-state index contributed by atoms with van der Waals surface area (Å²) in [4.78, 5) is 4.66. The summed E-state index contributed by atoms with van der Waals surface area (Å²) in [5.41, 5.74) is 3.30. The van der Waals surface area contributed by atoms with Crippen LogP contribution in [0.1, 0.15) is 16.8 Å². The zero-order chi connectivity index (χ0) is 21.0. The van der Waals surface area contributed by atoms with Gasteiger partial charge in [0.05, 0.1) is 16.1 Å². The number of fused-ring (bicyclic) bond motifs is 1. The van der Waals surface area contributed by atoms with Gasteiger partial charge in [-0.25, -0.2) is 0 Å². The third-order valence-electron chi connectivity index (χ3n) is 4.64. The van der Waals surface area contributed by atoms with Gasteiger partial charge in [-0.15, -0.1) is 0 Å². The standard InChI is InChI=1S/C24H21NO4S/c1-18-7-13-23(14-8-18)30(26,27)29-17-21-11-9-20-10-12-22(15-24(20)25-21)28-16-19-5-3-2-4-6-19/h2-15H,16-17H2,1H3. The van der Waals surface area contributed by atoms with Gasteiger partial charge in [-0.1, -0.05) is 54.1 Å². The van der Waals surface area contributed by atoms with Gasteiger partial charge < -0.3 is 4.74 Å². The lowest BCUT2D eigenvalue weighted by molar-refractivity contribution is 0.303. The molecular formula is C24H21NO4S. The van der Waals surface area contributed by atoms with Crippen LogP contribution in [0.5, 0.6) is 5.75 Å². The predicted octanol–water partition coefficient (Wildman–Crippen LogP) is 5.03. The topological polar surface area (TPSA) is 65.5 Å². The van der Waals surface area contributed by atoms with E-state index < -0.39 is 10.1 Å². The minimum atomic E-state index is -3.84. The van der Waals surface area contributed by atoms with Crippen LogP contribution in [0.15, 0.2) is 89.8 Å².